The average Bonchev–Trinajstić information content (AvgIpc) is 2.74. The predicted octanol–water partition coefficient (Wildman–Crippen LogP) is 2.49. The van der Waals surface area contributed by atoms with Gasteiger partial charge in [0.15, 0.2) is 0 Å². The summed E-state index contributed by atoms with van der Waals surface area (Å²) >= 11 is 0. The van der Waals surface area contributed by atoms with Crippen molar-refractivity contribution in [1.82, 2.24) is 9.88 Å². The number of H-pyrrole nitrogens is 1. The Bertz CT molecular complexity index is 1150. The summed E-state index contributed by atoms with van der Waals surface area (Å²) < 4.78 is 14.3. The van der Waals surface area contributed by atoms with Gasteiger partial charge in [0.2, 0.25) is 0 Å². The number of pyridine rings is 1. The van der Waals surface area contributed by atoms with Gasteiger partial charge in [-0.25, -0.2) is 4.39 Å². The van der Waals surface area contributed by atoms with Gasteiger partial charge < -0.3 is 25.8 Å². The van der Waals surface area contributed by atoms with E-state index in [0.29, 0.717) is 5.52 Å². The topological polar surface area (TPSA) is 89.8 Å². The van der Waals surface area contributed by atoms with Crippen LogP contribution in [0.5, 0.6) is 0 Å². The highest BCUT2D eigenvalue weighted by molar-refractivity contribution is 6.14. The number of aromatic amines is 1. The molecule has 3 aromatic rings. The van der Waals surface area contributed by atoms with Gasteiger partial charge in [0.25, 0.3) is 5.56 Å². The van der Waals surface area contributed by atoms with E-state index in [4.69, 9.17) is 5.73 Å². The average molecular weight is 408 g/mol. The number of halogens is 1. The molecule has 0 bridgehead atoms. The number of fused-ring (bicyclic) bond motifs is 1. The van der Waals surface area contributed by atoms with Gasteiger partial charge in [0.1, 0.15) is 17.2 Å². The molecule has 4 N–H and O–H groups in total. The minimum Gasteiger partial charge on any atom is -0.397 e. The maximum atomic E-state index is 14.3. The molecule has 4 rings (SSSR count). The number of nitrogen functional groups attached to an aromatic ring is 1. The van der Waals surface area contributed by atoms with E-state index in [1.54, 1.807) is 13.1 Å². The van der Waals surface area contributed by atoms with Crippen LogP contribution in [0.2, 0.25) is 0 Å². The monoisotopic (exact) mass is 408 g/mol. The zero-order valence-electron chi connectivity index (χ0n) is 17.1. The minimum atomic E-state index is -0.491. The number of hydrogen-bond acceptors (Lipinski definition) is 5. The number of anilines is 3. The van der Waals surface area contributed by atoms with E-state index in [2.05, 4.69) is 32.1 Å². The zero-order chi connectivity index (χ0) is 21.3. The Morgan fingerprint density at radius 2 is 1.83 bits per heavy atom. The summed E-state index contributed by atoms with van der Waals surface area (Å²) in [6, 6.07) is 12.4. The molecular weight excluding hydrogens is 383 g/mol. The van der Waals surface area contributed by atoms with Crippen LogP contribution in [0.15, 0.2) is 52.3 Å². The summed E-state index contributed by atoms with van der Waals surface area (Å²) in [5.41, 5.74) is 8.22. The van der Waals surface area contributed by atoms with Crippen molar-refractivity contribution in [3.05, 3.63) is 64.2 Å². The summed E-state index contributed by atoms with van der Waals surface area (Å²) in [5, 5.41) is 3.33. The number of nitrogens with two attached hydrogens (primary N) is 1. The van der Waals surface area contributed by atoms with E-state index in [1.807, 2.05) is 24.3 Å². The normalized spacial score (nSPS) is 15.6. The fourth-order valence-electron chi connectivity index (χ4n) is 3.76. The van der Waals surface area contributed by atoms with E-state index in [1.165, 1.54) is 12.1 Å². The number of hydrogen-bond donors (Lipinski definition) is 3. The van der Waals surface area contributed by atoms with Crippen molar-refractivity contribution in [3.63, 3.8) is 0 Å². The van der Waals surface area contributed by atoms with Crippen LogP contribution in [0.3, 0.4) is 0 Å². The van der Waals surface area contributed by atoms with Crippen LogP contribution in [0.1, 0.15) is 5.56 Å². The number of amidine groups is 1. The maximum absolute atomic E-state index is 14.3. The molecule has 2 aromatic carbocycles. The molecule has 0 spiro atoms. The maximum Gasteiger partial charge on any atom is 0.261 e. The first kappa shape index (κ1) is 19.9. The summed E-state index contributed by atoms with van der Waals surface area (Å²) in [6.45, 7) is 4.04. The first-order valence-electron chi connectivity index (χ1n) is 9.85. The third kappa shape index (κ3) is 3.73. The van der Waals surface area contributed by atoms with Crippen molar-refractivity contribution >= 4 is 33.8 Å². The number of aromatic nitrogens is 1. The molecule has 0 radical (unpaired) electrons. The second kappa shape index (κ2) is 8.16. The lowest BCUT2D eigenvalue weighted by atomic mass is 10.1. The SMILES string of the molecule is CN=C(Nc1ccc(N2CCN(C)CC2)cc1)c1c(N)c2c(F)cccc2[nH]c1=O. The van der Waals surface area contributed by atoms with E-state index in [0.717, 1.165) is 37.6 Å². The molecular formula is C22H25FN6O. The molecule has 156 valence electrons. The van der Waals surface area contributed by atoms with Crippen molar-refractivity contribution in [3.8, 4) is 0 Å². The summed E-state index contributed by atoms with van der Waals surface area (Å²) in [4.78, 5) is 24.2. The van der Waals surface area contributed by atoms with Crippen molar-refractivity contribution in [2.75, 3.05) is 56.2 Å². The molecule has 2 heterocycles. The van der Waals surface area contributed by atoms with Crippen LogP contribution >= 0.6 is 0 Å². The van der Waals surface area contributed by atoms with Crippen LogP contribution in [-0.4, -0.2) is 56.0 Å². The van der Waals surface area contributed by atoms with Gasteiger partial charge in [-0.1, -0.05) is 6.07 Å². The van der Waals surface area contributed by atoms with E-state index in [9.17, 15) is 9.18 Å². The molecule has 30 heavy (non-hydrogen) atoms. The van der Waals surface area contributed by atoms with Gasteiger partial charge in [-0.2, -0.15) is 0 Å². The number of piperazine rings is 1. The highest BCUT2D eigenvalue weighted by atomic mass is 19.1. The fourth-order valence-corrected chi connectivity index (χ4v) is 3.76. The quantitative estimate of drug-likeness (QED) is 0.458. The first-order chi connectivity index (χ1) is 14.5. The van der Waals surface area contributed by atoms with Crippen LogP contribution < -0.4 is 21.5 Å². The van der Waals surface area contributed by atoms with E-state index >= 15 is 0 Å². The van der Waals surface area contributed by atoms with Crippen LogP contribution in [0.4, 0.5) is 21.5 Å². The number of aliphatic imine (C=N–C) groups is 1. The van der Waals surface area contributed by atoms with Gasteiger partial charge >= 0.3 is 0 Å². The van der Waals surface area contributed by atoms with E-state index in [-0.39, 0.29) is 22.5 Å². The van der Waals surface area contributed by atoms with Crippen LogP contribution in [0, 0.1) is 5.82 Å². The number of nitrogens with zero attached hydrogens (tertiary/aromatic N) is 3. The third-order valence-electron chi connectivity index (χ3n) is 5.49. The Labute approximate surface area is 174 Å². The first-order valence-corrected chi connectivity index (χ1v) is 9.85. The summed E-state index contributed by atoms with van der Waals surface area (Å²) in [7, 11) is 3.69. The lowest BCUT2D eigenvalue weighted by molar-refractivity contribution is 0.313. The smallest absolute Gasteiger partial charge is 0.261 e. The minimum absolute atomic E-state index is 0.0639. The molecule has 1 saturated heterocycles. The molecule has 1 aliphatic rings. The van der Waals surface area contributed by atoms with Crippen molar-refractivity contribution < 1.29 is 4.39 Å². The van der Waals surface area contributed by atoms with Gasteiger partial charge in [-0.3, -0.25) is 9.79 Å². The zero-order valence-corrected chi connectivity index (χ0v) is 17.1. The molecule has 0 unspecified atom stereocenters. The Morgan fingerprint density at radius 1 is 1.13 bits per heavy atom. The third-order valence-corrected chi connectivity index (χ3v) is 5.49. The number of benzene rings is 2. The summed E-state index contributed by atoms with van der Waals surface area (Å²) in [6.07, 6.45) is 0. The summed E-state index contributed by atoms with van der Waals surface area (Å²) in [5.74, 6) is -0.208. The van der Waals surface area contributed by atoms with Gasteiger partial charge in [-0.05, 0) is 43.4 Å². The molecule has 1 aromatic heterocycles. The van der Waals surface area contributed by atoms with Crippen LogP contribution in [-0.2, 0) is 0 Å². The van der Waals surface area contributed by atoms with Crippen LogP contribution in [0.25, 0.3) is 10.9 Å². The Morgan fingerprint density at radius 3 is 2.50 bits per heavy atom. The standard InChI is InChI=1S/C22H25FN6O/c1-25-21(19-20(24)18-16(23)4-3-5-17(18)27-22(19)30)26-14-6-8-15(9-7-14)29-12-10-28(2)11-13-29/h3-9H,10-13H2,1-2H3,(H,25,26)(H3,24,27,30). The number of likely N-dealkylation sites (N-methyl/N-ethyl adjacent to an activating group) is 1. The van der Waals surface area contributed by atoms with Gasteiger partial charge in [0.05, 0.1) is 16.6 Å². The van der Waals surface area contributed by atoms with Crippen molar-refractivity contribution in [1.29, 1.82) is 0 Å². The molecule has 8 heteroatoms. The van der Waals surface area contributed by atoms with Crippen molar-refractivity contribution in [2.45, 2.75) is 0 Å². The predicted molar refractivity (Wildman–Crippen MR) is 121 cm³/mol. The molecule has 1 aliphatic heterocycles. The highest BCUT2D eigenvalue weighted by Gasteiger charge is 2.18. The molecule has 0 atom stereocenters. The second-order valence-corrected chi connectivity index (χ2v) is 7.44. The Kier molecular flexibility index (Phi) is 5.41. The molecule has 0 aliphatic carbocycles. The molecule has 1 fully saturated rings. The number of nitrogens with one attached hydrogen (secondary N) is 2. The largest absolute Gasteiger partial charge is 0.397 e. The highest BCUT2D eigenvalue weighted by Crippen LogP contribution is 2.25. The molecule has 7 nitrogen and oxygen atoms in total. The Balaban J connectivity index is 1.61. The molecule has 0 saturated carbocycles. The second-order valence-electron chi connectivity index (χ2n) is 7.44. The fraction of sp³-hybridized carbons (Fsp3) is 0.273. The van der Waals surface area contributed by atoms with E-state index < -0.39 is 11.4 Å². The lowest BCUT2D eigenvalue weighted by Gasteiger charge is -2.34. The lowest BCUT2D eigenvalue weighted by Crippen LogP contribution is -2.44. The van der Waals surface area contributed by atoms with Gasteiger partial charge in [-0.15, -0.1) is 0 Å². The molecule has 0 amide bonds. The Hall–Kier alpha value is -3.39. The number of rotatable bonds is 3. The van der Waals surface area contributed by atoms with Crippen molar-refractivity contribution in [2.24, 2.45) is 4.99 Å². The van der Waals surface area contributed by atoms with Gasteiger partial charge in [0, 0.05) is 44.6 Å².